The largest absolute Gasteiger partial charge is 0.425 e. The van der Waals surface area contributed by atoms with Crippen molar-refractivity contribution in [2.75, 3.05) is 11.9 Å². The second-order valence-corrected chi connectivity index (χ2v) is 5.64. The number of esters is 1. The molecule has 1 atom stereocenters. The van der Waals surface area contributed by atoms with E-state index in [1.165, 1.54) is 19.1 Å². The Hall–Kier alpha value is -2.39. The summed E-state index contributed by atoms with van der Waals surface area (Å²) in [6.07, 6.45) is 2.45. The third kappa shape index (κ3) is 5.36. The topological polar surface area (TPSA) is 88.4 Å². The minimum Gasteiger partial charge on any atom is -0.425 e. The number of nitriles is 1. The van der Waals surface area contributed by atoms with E-state index in [1.54, 1.807) is 13.0 Å². The highest BCUT2D eigenvalue weighted by atomic mass is 16.5. The molecule has 0 saturated carbocycles. The van der Waals surface area contributed by atoms with Crippen LogP contribution in [0, 0.1) is 11.3 Å². The molecule has 1 amide bonds. The SMILES string of the molecule is CCCCC(C)(OCC)C(=O)Nc1ccc(OC(C)=O)c(C#N)c1. The molecule has 130 valence electrons. The number of carbonyl (C=O) groups is 2. The van der Waals surface area contributed by atoms with Crippen LogP contribution < -0.4 is 10.1 Å². The Labute approximate surface area is 142 Å². The number of nitrogens with one attached hydrogen (secondary N) is 1. The van der Waals surface area contributed by atoms with Crippen molar-refractivity contribution in [1.29, 1.82) is 5.26 Å². The van der Waals surface area contributed by atoms with Gasteiger partial charge in [-0.15, -0.1) is 0 Å². The van der Waals surface area contributed by atoms with Gasteiger partial charge in [-0.3, -0.25) is 9.59 Å². The highest BCUT2D eigenvalue weighted by Crippen LogP contribution is 2.25. The Morgan fingerprint density at radius 2 is 2.04 bits per heavy atom. The molecule has 1 aromatic carbocycles. The fourth-order valence-electron chi connectivity index (χ4n) is 2.29. The molecule has 0 fully saturated rings. The molecule has 0 aliphatic carbocycles. The first-order valence-electron chi connectivity index (χ1n) is 8.04. The molecule has 0 aliphatic heterocycles. The predicted octanol–water partition coefficient (Wildman–Crippen LogP) is 3.41. The van der Waals surface area contributed by atoms with Crippen LogP contribution in [-0.2, 0) is 14.3 Å². The average molecular weight is 332 g/mol. The Morgan fingerprint density at radius 3 is 2.58 bits per heavy atom. The summed E-state index contributed by atoms with van der Waals surface area (Å²) in [7, 11) is 0. The summed E-state index contributed by atoms with van der Waals surface area (Å²) < 4.78 is 10.6. The summed E-state index contributed by atoms with van der Waals surface area (Å²) in [6.45, 7) is 7.36. The van der Waals surface area contributed by atoms with Crippen LogP contribution in [0.25, 0.3) is 0 Å². The van der Waals surface area contributed by atoms with Gasteiger partial charge in [0.05, 0.1) is 5.56 Å². The number of nitrogens with zero attached hydrogens (tertiary/aromatic N) is 1. The van der Waals surface area contributed by atoms with Crippen molar-refractivity contribution < 1.29 is 19.1 Å². The zero-order valence-corrected chi connectivity index (χ0v) is 14.6. The maximum absolute atomic E-state index is 12.6. The van der Waals surface area contributed by atoms with E-state index in [9.17, 15) is 14.9 Å². The van der Waals surface area contributed by atoms with E-state index in [2.05, 4.69) is 12.2 Å². The second-order valence-electron chi connectivity index (χ2n) is 5.64. The molecular formula is C18H24N2O4. The molecule has 0 spiro atoms. The van der Waals surface area contributed by atoms with Gasteiger partial charge in [0.15, 0.2) is 0 Å². The predicted molar refractivity (Wildman–Crippen MR) is 90.7 cm³/mol. The summed E-state index contributed by atoms with van der Waals surface area (Å²) in [5, 5.41) is 11.9. The number of rotatable bonds is 8. The lowest BCUT2D eigenvalue weighted by Crippen LogP contribution is -2.42. The summed E-state index contributed by atoms with van der Waals surface area (Å²) in [6, 6.07) is 6.50. The number of hydrogen-bond acceptors (Lipinski definition) is 5. The van der Waals surface area contributed by atoms with Crippen LogP contribution in [-0.4, -0.2) is 24.1 Å². The number of ether oxygens (including phenoxy) is 2. The smallest absolute Gasteiger partial charge is 0.308 e. The van der Waals surface area contributed by atoms with Crippen molar-refractivity contribution in [1.82, 2.24) is 0 Å². The number of unbranched alkanes of at least 4 members (excludes halogenated alkanes) is 1. The highest BCUT2D eigenvalue weighted by molar-refractivity contribution is 5.97. The van der Waals surface area contributed by atoms with E-state index in [-0.39, 0.29) is 17.2 Å². The minimum absolute atomic E-state index is 0.168. The molecule has 1 rings (SSSR count). The average Bonchev–Trinajstić information content (AvgIpc) is 2.54. The van der Waals surface area contributed by atoms with Crippen LogP contribution in [0.2, 0.25) is 0 Å². The molecule has 0 saturated heterocycles. The van der Waals surface area contributed by atoms with Crippen molar-refractivity contribution in [3.8, 4) is 11.8 Å². The molecular weight excluding hydrogens is 308 g/mol. The fourth-order valence-corrected chi connectivity index (χ4v) is 2.29. The first kappa shape index (κ1) is 19.7. The van der Waals surface area contributed by atoms with E-state index < -0.39 is 11.6 Å². The number of anilines is 1. The van der Waals surface area contributed by atoms with Gasteiger partial charge in [-0.05, 0) is 38.5 Å². The lowest BCUT2D eigenvalue weighted by Gasteiger charge is -2.28. The van der Waals surface area contributed by atoms with Gasteiger partial charge in [-0.25, -0.2) is 0 Å². The lowest BCUT2D eigenvalue weighted by molar-refractivity contribution is -0.139. The van der Waals surface area contributed by atoms with Crippen molar-refractivity contribution in [3.63, 3.8) is 0 Å². The maximum Gasteiger partial charge on any atom is 0.308 e. The van der Waals surface area contributed by atoms with Crippen molar-refractivity contribution in [2.45, 2.75) is 52.6 Å². The van der Waals surface area contributed by atoms with Crippen LogP contribution >= 0.6 is 0 Å². The molecule has 6 heteroatoms. The quantitative estimate of drug-likeness (QED) is 0.582. The molecule has 0 radical (unpaired) electrons. The van der Waals surface area contributed by atoms with Crippen LogP contribution in [0.4, 0.5) is 5.69 Å². The Morgan fingerprint density at radius 1 is 1.33 bits per heavy atom. The zero-order chi connectivity index (χ0) is 18.2. The summed E-state index contributed by atoms with van der Waals surface area (Å²) in [5.74, 6) is -0.602. The lowest BCUT2D eigenvalue weighted by atomic mass is 9.97. The molecule has 1 N–H and O–H groups in total. The molecule has 0 aromatic heterocycles. The van der Waals surface area contributed by atoms with Crippen LogP contribution in [0.15, 0.2) is 18.2 Å². The highest BCUT2D eigenvalue weighted by Gasteiger charge is 2.33. The van der Waals surface area contributed by atoms with E-state index in [4.69, 9.17) is 9.47 Å². The van der Waals surface area contributed by atoms with Crippen LogP contribution in [0.1, 0.15) is 52.5 Å². The van der Waals surface area contributed by atoms with Gasteiger partial charge in [-0.2, -0.15) is 5.26 Å². The first-order chi connectivity index (χ1) is 11.4. The molecule has 1 aromatic rings. The van der Waals surface area contributed by atoms with Crippen LogP contribution in [0.5, 0.6) is 5.75 Å². The molecule has 0 heterocycles. The van der Waals surface area contributed by atoms with Crippen molar-refractivity contribution in [3.05, 3.63) is 23.8 Å². The van der Waals surface area contributed by atoms with Gasteiger partial charge in [0.25, 0.3) is 5.91 Å². The van der Waals surface area contributed by atoms with E-state index in [0.29, 0.717) is 18.7 Å². The number of benzene rings is 1. The summed E-state index contributed by atoms with van der Waals surface area (Å²) in [5.41, 5.74) is -0.295. The second kappa shape index (κ2) is 9.04. The number of carbonyl (C=O) groups excluding carboxylic acids is 2. The standard InChI is InChI=1S/C18H24N2O4/c1-5-7-10-18(4,23-6-2)17(22)20-15-8-9-16(24-13(3)21)14(11-15)12-19/h8-9,11H,5-7,10H2,1-4H3,(H,20,22). The number of hydrogen-bond donors (Lipinski definition) is 1. The number of amides is 1. The molecule has 0 aliphatic rings. The zero-order valence-electron chi connectivity index (χ0n) is 14.6. The molecule has 1 unspecified atom stereocenters. The van der Waals surface area contributed by atoms with Gasteiger partial charge in [0.2, 0.25) is 0 Å². The van der Waals surface area contributed by atoms with Crippen molar-refractivity contribution >= 4 is 17.6 Å². The third-order valence-corrected chi connectivity index (χ3v) is 3.56. The van der Waals surface area contributed by atoms with Gasteiger partial charge in [0, 0.05) is 19.2 Å². The first-order valence-corrected chi connectivity index (χ1v) is 8.04. The van der Waals surface area contributed by atoms with Gasteiger partial charge < -0.3 is 14.8 Å². The minimum atomic E-state index is -0.924. The molecule has 0 bridgehead atoms. The molecule has 24 heavy (non-hydrogen) atoms. The normalized spacial score (nSPS) is 12.8. The summed E-state index contributed by atoms with van der Waals surface area (Å²) in [4.78, 5) is 23.6. The fraction of sp³-hybridized carbons (Fsp3) is 0.500. The van der Waals surface area contributed by atoms with E-state index >= 15 is 0 Å². The van der Waals surface area contributed by atoms with E-state index in [1.807, 2.05) is 13.0 Å². The summed E-state index contributed by atoms with van der Waals surface area (Å²) >= 11 is 0. The Balaban J connectivity index is 2.96. The van der Waals surface area contributed by atoms with Gasteiger partial charge >= 0.3 is 5.97 Å². The third-order valence-electron chi connectivity index (χ3n) is 3.56. The van der Waals surface area contributed by atoms with Crippen LogP contribution in [0.3, 0.4) is 0 Å². The van der Waals surface area contributed by atoms with E-state index in [0.717, 1.165) is 12.8 Å². The maximum atomic E-state index is 12.6. The van der Waals surface area contributed by atoms with Gasteiger partial charge in [0.1, 0.15) is 17.4 Å². The molecule has 6 nitrogen and oxygen atoms in total. The Bertz CT molecular complexity index is 636. The Kier molecular flexibility index (Phi) is 7.40. The van der Waals surface area contributed by atoms with Gasteiger partial charge in [-0.1, -0.05) is 19.8 Å². The van der Waals surface area contributed by atoms with Crippen molar-refractivity contribution in [2.24, 2.45) is 0 Å². The monoisotopic (exact) mass is 332 g/mol.